The Bertz CT molecular complexity index is 1020. The van der Waals surface area contributed by atoms with E-state index in [4.69, 9.17) is 4.74 Å². The molecule has 0 unspecified atom stereocenters. The molecule has 29 heavy (non-hydrogen) atoms. The second-order valence-electron chi connectivity index (χ2n) is 6.77. The lowest BCUT2D eigenvalue weighted by molar-refractivity contribution is -0.137. The number of aryl methyl sites for hydroxylation is 1. The zero-order valence-electron chi connectivity index (χ0n) is 15.2. The number of hydrogen-bond acceptors (Lipinski definition) is 3. The van der Waals surface area contributed by atoms with Crippen LogP contribution < -0.4 is 10.1 Å². The van der Waals surface area contributed by atoms with Crippen LogP contribution in [0.15, 0.2) is 66.9 Å². The van der Waals surface area contributed by atoms with Crippen molar-refractivity contribution in [1.29, 1.82) is 0 Å². The summed E-state index contributed by atoms with van der Waals surface area (Å²) in [6.07, 6.45) is -1.92. The van der Waals surface area contributed by atoms with Gasteiger partial charge in [-0.05, 0) is 54.3 Å². The minimum absolute atomic E-state index is 0.00836. The number of halogens is 3. The van der Waals surface area contributed by atoms with Gasteiger partial charge in [0.1, 0.15) is 5.75 Å². The standard InChI is InChI=1S/C22H17F3N2O2/c23-22(24,25)16-8-12-20(26-13-16)29-17-9-5-15(6-10-17)21(28)27-19-11-7-14-3-1-2-4-18(14)19/h1-6,8-10,12-13,19H,7,11H2,(H,27,28)/t19-/m0/s1. The Morgan fingerprint density at radius 3 is 2.48 bits per heavy atom. The van der Waals surface area contributed by atoms with Crippen molar-refractivity contribution in [2.75, 3.05) is 0 Å². The quantitative estimate of drug-likeness (QED) is 0.648. The topological polar surface area (TPSA) is 51.2 Å². The molecule has 1 aliphatic carbocycles. The summed E-state index contributed by atoms with van der Waals surface area (Å²) in [4.78, 5) is 16.2. The average Bonchev–Trinajstić information content (AvgIpc) is 3.11. The number of nitrogens with zero attached hydrogens (tertiary/aromatic N) is 1. The average molecular weight is 398 g/mol. The summed E-state index contributed by atoms with van der Waals surface area (Å²) in [5.74, 6) is 0.226. The van der Waals surface area contributed by atoms with E-state index in [1.807, 2.05) is 18.2 Å². The monoisotopic (exact) mass is 398 g/mol. The molecule has 7 heteroatoms. The van der Waals surface area contributed by atoms with Gasteiger partial charge >= 0.3 is 6.18 Å². The number of hydrogen-bond donors (Lipinski definition) is 1. The molecule has 0 bridgehead atoms. The van der Waals surface area contributed by atoms with Gasteiger partial charge in [-0.3, -0.25) is 4.79 Å². The molecular weight excluding hydrogens is 381 g/mol. The largest absolute Gasteiger partial charge is 0.439 e. The predicted octanol–water partition coefficient (Wildman–Crippen LogP) is 5.31. The van der Waals surface area contributed by atoms with Crippen molar-refractivity contribution in [1.82, 2.24) is 10.3 Å². The predicted molar refractivity (Wildman–Crippen MR) is 101 cm³/mol. The maximum atomic E-state index is 12.6. The van der Waals surface area contributed by atoms with Gasteiger partial charge in [-0.15, -0.1) is 0 Å². The number of alkyl halides is 3. The van der Waals surface area contributed by atoms with E-state index in [9.17, 15) is 18.0 Å². The van der Waals surface area contributed by atoms with Crippen molar-refractivity contribution in [3.63, 3.8) is 0 Å². The summed E-state index contributed by atoms with van der Waals surface area (Å²) >= 11 is 0. The molecule has 1 N–H and O–H groups in total. The summed E-state index contributed by atoms with van der Waals surface area (Å²) in [6.45, 7) is 0. The molecule has 0 saturated heterocycles. The number of ether oxygens (including phenoxy) is 1. The van der Waals surface area contributed by atoms with E-state index in [0.717, 1.165) is 36.7 Å². The number of fused-ring (bicyclic) bond motifs is 1. The number of carbonyl (C=O) groups is 1. The summed E-state index contributed by atoms with van der Waals surface area (Å²) in [6, 6.07) is 16.5. The first kappa shape index (κ1) is 19.0. The molecule has 1 atom stereocenters. The van der Waals surface area contributed by atoms with Crippen LogP contribution in [-0.4, -0.2) is 10.9 Å². The highest BCUT2D eigenvalue weighted by molar-refractivity contribution is 5.94. The van der Waals surface area contributed by atoms with E-state index >= 15 is 0 Å². The normalized spacial score (nSPS) is 15.6. The van der Waals surface area contributed by atoms with Gasteiger partial charge in [0.05, 0.1) is 11.6 Å². The highest BCUT2D eigenvalue weighted by Gasteiger charge is 2.30. The number of rotatable bonds is 4. The smallest absolute Gasteiger partial charge is 0.417 e. The molecule has 1 aromatic heterocycles. The Hall–Kier alpha value is -3.35. The third-order valence-corrected chi connectivity index (χ3v) is 4.84. The van der Waals surface area contributed by atoms with Crippen LogP contribution >= 0.6 is 0 Å². The molecule has 0 saturated carbocycles. The van der Waals surface area contributed by atoms with Crippen molar-refractivity contribution in [2.45, 2.75) is 25.1 Å². The molecule has 0 spiro atoms. The van der Waals surface area contributed by atoms with Crippen LogP contribution in [0.25, 0.3) is 0 Å². The number of carbonyl (C=O) groups excluding carboxylic acids is 1. The fourth-order valence-corrected chi connectivity index (χ4v) is 3.35. The second kappa shape index (κ2) is 7.58. The zero-order chi connectivity index (χ0) is 20.4. The van der Waals surface area contributed by atoms with Gasteiger partial charge in [-0.25, -0.2) is 4.98 Å². The van der Waals surface area contributed by atoms with Crippen molar-refractivity contribution in [2.24, 2.45) is 0 Å². The molecule has 4 rings (SSSR count). The molecule has 1 amide bonds. The van der Waals surface area contributed by atoms with Crippen LogP contribution in [0.4, 0.5) is 13.2 Å². The van der Waals surface area contributed by atoms with Gasteiger partial charge in [-0.1, -0.05) is 24.3 Å². The van der Waals surface area contributed by atoms with E-state index in [0.29, 0.717) is 11.3 Å². The Kier molecular flexibility index (Phi) is 4.96. The Morgan fingerprint density at radius 2 is 1.79 bits per heavy atom. The van der Waals surface area contributed by atoms with Crippen LogP contribution in [0.5, 0.6) is 11.6 Å². The summed E-state index contributed by atoms with van der Waals surface area (Å²) < 4.78 is 43.2. The minimum atomic E-state index is -4.44. The van der Waals surface area contributed by atoms with Gasteiger partial charge in [0.2, 0.25) is 5.88 Å². The van der Waals surface area contributed by atoms with E-state index in [1.165, 1.54) is 5.56 Å². The lowest BCUT2D eigenvalue weighted by Crippen LogP contribution is -2.27. The Morgan fingerprint density at radius 1 is 1.03 bits per heavy atom. The first-order chi connectivity index (χ1) is 13.9. The van der Waals surface area contributed by atoms with E-state index in [-0.39, 0.29) is 17.8 Å². The van der Waals surface area contributed by atoms with Gasteiger partial charge in [-0.2, -0.15) is 13.2 Å². The molecule has 148 valence electrons. The zero-order valence-corrected chi connectivity index (χ0v) is 15.2. The van der Waals surface area contributed by atoms with Gasteiger partial charge in [0, 0.05) is 17.8 Å². The molecule has 0 aliphatic heterocycles. The number of amides is 1. The van der Waals surface area contributed by atoms with Crippen LogP contribution in [0.3, 0.4) is 0 Å². The van der Waals surface area contributed by atoms with Crippen molar-refractivity contribution < 1.29 is 22.7 Å². The van der Waals surface area contributed by atoms with Crippen molar-refractivity contribution in [3.8, 4) is 11.6 Å². The molecule has 1 aliphatic rings. The molecular formula is C22H17F3N2O2. The first-order valence-corrected chi connectivity index (χ1v) is 9.10. The van der Waals surface area contributed by atoms with Crippen LogP contribution in [0.1, 0.15) is 39.5 Å². The van der Waals surface area contributed by atoms with Crippen LogP contribution in [0, 0.1) is 0 Å². The highest BCUT2D eigenvalue weighted by atomic mass is 19.4. The molecule has 0 radical (unpaired) electrons. The molecule has 1 heterocycles. The summed E-state index contributed by atoms with van der Waals surface area (Å²) in [5.41, 5.74) is 2.03. The van der Waals surface area contributed by atoms with Crippen molar-refractivity contribution >= 4 is 5.91 Å². The maximum absolute atomic E-state index is 12.6. The van der Waals surface area contributed by atoms with Crippen molar-refractivity contribution in [3.05, 3.63) is 89.1 Å². The summed E-state index contributed by atoms with van der Waals surface area (Å²) in [5, 5.41) is 3.04. The highest BCUT2D eigenvalue weighted by Crippen LogP contribution is 2.32. The maximum Gasteiger partial charge on any atom is 0.417 e. The minimum Gasteiger partial charge on any atom is -0.439 e. The molecule has 0 fully saturated rings. The Balaban J connectivity index is 1.40. The third kappa shape index (κ3) is 4.23. The lowest BCUT2D eigenvalue weighted by atomic mass is 10.1. The van der Waals surface area contributed by atoms with E-state index in [1.54, 1.807) is 24.3 Å². The molecule has 4 nitrogen and oxygen atoms in total. The molecule has 3 aromatic rings. The Labute approximate surface area is 165 Å². The number of nitrogens with one attached hydrogen (secondary N) is 1. The van der Waals surface area contributed by atoms with E-state index in [2.05, 4.69) is 16.4 Å². The lowest BCUT2D eigenvalue weighted by Gasteiger charge is -2.14. The van der Waals surface area contributed by atoms with Gasteiger partial charge in [0.25, 0.3) is 5.91 Å². The molecule has 2 aromatic carbocycles. The third-order valence-electron chi connectivity index (χ3n) is 4.84. The first-order valence-electron chi connectivity index (χ1n) is 9.10. The van der Waals surface area contributed by atoms with Crippen LogP contribution in [-0.2, 0) is 12.6 Å². The number of benzene rings is 2. The SMILES string of the molecule is O=C(N[C@H]1CCc2ccccc21)c1ccc(Oc2ccc(C(F)(F)F)cn2)cc1. The number of aromatic nitrogens is 1. The van der Waals surface area contributed by atoms with E-state index < -0.39 is 11.7 Å². The summed E-state index contributed by atoms with van der Waals surface area (Å²) in [7, 11) is 0. The van der Waals surface area contributed by atoms with Gasteiger partial charge in [0.15, 0.2) is 0 Å². The fourth-order valence-electron chi connectivity index (χ4n) is 3.35. The van der Waals surface area contributed by atoms with Gasteiger partial charge < -0.3 is 10.1 Å². The van der Waals surface area contributed by atoms with Crippen LogP contribution in [0.2, 0.25) is 0 Å². The second-order valence-corrected chi connectivity index (χ2v) is 6.77. The fraction of sp³-hybridized carbons (Fsp3) is 0.182. The number of pyridine rings is 1.